The Labute approximate surface area is 141 Å². The molecule has 0 amide bonds. The number of ether oxygens (including phenoxy) is 1. The van der Waals surface area contributed by atoms with Crippen molar-refractivity contribution in [3.8, 4) is 11.1 Å². The van der Waals surface area contributed by atoms with E-state index in [1.165, 1.54) is 6.07 Å². The predicted molar refractivity (Wildman–Crippen MR) is 91.6 cm³/mol. The molecular weight excluding hydrogens is 306 g/mol. The first-order valence-corrected chi connectivity index (χ1v) is 7.61. The van der Waals surface area contributed by atoms with Crippen molar-refractivity contribution < 1.29 is 19.4 Å². The van der Waals surface area contributed by atoms with Crippen LogP contribution in [0.2, 0.25) is 0 Å². The van der Waals surface area contributed by atoms with Gasteiger partial charge in [-0.25, -0.2) is 9.59 Å². The number of carboxylic acid groups (broad SMARTS) is 1. The zero-order chi connectivity index (χ0) is 17.9. The maximum Gasteiger partial charge on any atom is 0.336 e. The van der Waals surface area contributed by atoms with Gasteiger partial charge in [0.05, 0.1) is 5.56 Å². The Bertz CT molecular complexity index is 762. The summed E-state index contributed by atoms with van der Waals surface area (Å²) >= 11 is 0. The van der Waals surface area contributed by atoms with E-state index in [0.29, 0.717) is 16.7 Å². The van der Waals surface area contributed by atoms with Gasteiger partial charge >= 0.3 is 11.9 Å². The maximum absolute atomic E-state index is 12.3. The monoisotopic (exact) mass is 327 g/mol. The van der Waals surface area contributed by atoms with E-state index in [0.717, 1.165) is 0 Å². The molecule has 5 nitrogen and oxygen atoms in total. The first-order valence-electron chi connectivity index (χ1n) is 7.61. The standard InChI is InChI=1S/C19H21NO4/c1-19(2,3)24-18(23)16(20)14-10-6-4-8-12(14)13-9-5-7-11-15(13)17(21)22/h4-11,16H,20H2,1-3H3,(H,21,22)/t16-/m1/s1. The summed E-state index contributed by atoms with van der Waals surface area (Å²) in [4.78, 5) is 23.8. The van der Waals surface area contributed by atoms with Crippen LogP contribution in [-0.4, -0.2) is 22.6 Å². The molecule has 0 heterocycles. The van der Waals surface area contributed by atoms with Crippen LogP contribution in [-0.2, 0) is 9.53 Å². The molecule has 5 heteroatoms. The molecule has 126 valence electrons. The highest BCUT2D eigenvalue weighted by Gasteiger charge is 2.26. The van der Waals surface area contributed by atoms with Crippen LogP contribution in [0.4, 0.5) is 0 Å². The van der Waals surface area contributed by atoms with Gasteiger partial charge in [-0.2, -0.15) is 0 Å². The Kier molecular flexibility index (Phi) is 5.04. The largest absolute Gasteiger partial charge is 0.478 e. The summed E-state index contributed by atoms with van der Waals surface area (Å²) in [5, 5.41) is 9.40. The second kappa shape index (κ2) is 6.84. The summed E-state index contributed by atoms with van der Waals surface area (Å²) in [6.45, 7) is 5.30. The van der Waals surface area contributed by atoms with Crippen molar-refractivity contribution in [3.63, 3.8) is 0 Å². The molecule has 2 aromatic rings. The minimum absolute atomic E-state index is 0.154. The number of benzene rings is 2. The van der Waals surface area contributed by atoms with Crippen molar-refractivity contribution in [3.05, 3.63) is 59.7 Å². The van der Waals surface area contributed by atoms with Crippen molar-refractivity contribution in [2.24, 2.45) is 5.73 Å². The summed E-state index contributed by atoms with van der Waals surface area (Å²) in [6, 6.07) is 12.6. The van der Waals surface area contributed by atoms with Gasteiger partial charge in [-0.05, 0) is 43.5 Å². The maximum atomic E-state index is 12.3. The molecule has 3 N–H and O–H groups in total. The van der Waals surface area contributed by atoms with Gasteiger partial charge in [-0.1, -0.05) is 42.5 Å². The van der Waals surface area contributed by atoms with Gasteiger partial charge in [-0.15, -0.1) is 0 Å². The average Bonchev–Trinajstić information content (AvgIpc) is 2.52. The summed E-state index contributed by atoms with van der Waals surface area (Å²) in [5.74, 6) is -1.59. The van der Waals surface area contributed by atoms with Crippen LogP contribution in [0.25, 0.3) is 11.1 Å². The molecule has 0 aliphatic rings. The molecule has 2 rings (SSSR count). The number of aromatic carboxylic acids is 1. The molecular formula is C19H21NO4. The Hall–Kier alpha value is -2.66. The third kappa shape index (κ3) is 4.00. The lowest BCUT2D eigenvalue weighted by Gasteiger charge is -2.23. The van der Waals surface area contributed by atoms with Crippen LogP contribution >= 0.6 is 0 Å². The first kappa shape index (κ1) is 17.7. The van der Waals surface area contributed by atoms with Crippen molar-refractivity contribution in [1.82, 2.24) is 0 Å². The Balaban J connectivity index is 2.49. The second-order valence-corrected chi connectivity index (χ2v) is 6.45. The molecule has 0 fully saturated rings. The van der Waals surface area contributed by atoms with Crippen molar-refractivity contribution in [2.75, 3.05) is 0 Å². The quantitative estimate of drug-likeness (QED) is 0.840. The number of carbonyl (C=O) groups excluding carboxylic acids is 1. The van der Waals surface area contributed by atoms with E-state index in [2.05, 4.69) is 0 Å². The van der Waals surface area contributed by atoms with Crippen LogP contribution in [0.5, 0.6) is 0 Å². The van der Waals surface area contributed by atoms with Crippen LogP contribution in [0.3, 0.4) is 0 Å². The minimum atomic E-state index is -1.04. The lowest BCUT2D eigenvalue weighted by molar-refractivity contribution is -0.156. The fourth-order valence-electron chi connectivity index (χ4n) is 2.41. The fourth-order valence-corrected chi connectivity index (χ4v) is 2.41. The lowest BCUT2D eigenvalue weighted by atomic mass is 9.92. The Morgan fingerprint density at radius 3 is 2.12 bits per heavy atom. The van der Waals surface area contributed by atoms with Crippen LogP contribution in [0.1, 0.15) is 42.7 Å². The van der Waals surface area contributed by atoms with E-state index in [1.54, 1.807) is 63.2 Å². The fraction of sp³-hybridized carbons (Fsp3) is 0.263. The molecule has 0 unspecified atom stereocenters. The molecule has 0 radical (unpaired) electrons. The van der Waals surface area contributed by atoms with Crippen LogP contribution < -0.4 is 5.73 Å². The number of hydrogen-bond acceptors (Lipinski definition) is 4. The summed E-state index contributed by atoms with van der Waals surface area (Å²) < 4.78 is 5.34. The van der Waals surface area contributed by atoms with Gasteiger partial charge in [-0.3, -0.25) is 0 Å². The number of carboxylic acids is 1. The topological polar surface area (TPSA) is 89.6 Å². The van der Waals surface area contributed by atoms with E-state index >= 15 is 0 Å². The number of carbonyl (C=O) groups is 2. The van der Waals surface area contributed by atoms with Gasteiger partial charge in [0.2, 0.25) is 0 Å². The summed E-state index contributed by atoms with van der Waals surface area (Å²) in [5.41, 5.74) is 7.24. The zero-order valence-electron chi connectivity index (χ0n) is 13.9. The van der Waals surface area contributed by atoms with Gasteiger partial charge in [0.25, 0.3) is 0 Å². The van der Waals surface area contributed by atoms with Crippen LogP contribution in [0.15, 0.2) is 48.5 Å². The third-order valence-corrected chi connectivity index (χ3v) is 3.40. The highest BCUT2D eigenvalue weighted by atomic mass is 16.6. The average molecular weight is 327 g/mol. The number of esters is 1. The highest BCUT2D eigenvalue weighted by molar-refractivity contribution is 5.97. The van der Waals surface area contributed by atoms with Crippen molar-refractivity contribution in [2.45, 2.75) is 32.4 Å². The normalized spacial score (nSPS) is 12.5. The van der Waals surface area contributed by atoms with Gasteiger partial charge < -0.3 is 15.6 Å². The molecule has 0 aliphatic carbocycles. The highest BCUT2D eigenvalue weighted by Crippen LogP contribution is 2.31. The lowest BCUT2D eigenvalue weighted by Crippen LogP contribution is -2.31. The summed E-state index contributed by atoms with van der Waals surface area (Å²) in [7, 11) is 0. The smallest absolute Gasteiger partial charge is 0.336 e. The Morgan fingerprint density at radius 1 is 1.00 bits per heavy atom. The number of hydrogen-bond donors (Lipinski definition) is 2. The molecule has 1 atom stereocenters. The SMILES string of the molecule is CC(C)(C)OC(=O)[C@H](N)c1ccccc1-c1ccccc1C(=O)O. The van der Waals surface area contributed by atoms with Gasteiger partial charge in [0, 0.05) is 0 Å². The minimum Gasteiger partial charge on any atom is -0.478 e. The molecule has 0 aromatic heterocycles. The summed E-state index contributed by atoms with van der Waals surface area (Å²) in [6.07, 6.45) is 0. The van der Waals surface area contributed by atoms with E-state index in [-0.39, 0.29) is 5.56 Å². The van der Waals surface area contributed by atoms with Crippen molar-refractivity contribution >= 4 is 11.9 Å². The van der Waals surface area contributed by atoms with E-state index in [1.807, 2.05) is 0 Å². The molecule has 0 spiro atoms. The number of rotatable bonds is 4. The van der Waals surface area contributed by atoms with E-state index < -0.39 is 23.6 Å². The molecule has 0 saturated carbocycles. The van der Waals surface area contributed by atoms with Gasteiger partial charge in [0.1, 0.15) is 11.6 Å². The molecule has 0 saturated heterocycles. The second-order valence-electron chi connectivity index (χ2n) is 6.45. The zero-order valence-corrected chi connectivity index (χ0v) is 13.9. The predicted octanol–water partition coefficient (Wildman–Crippen LogP) is 3.39. The van der Waals surface area contributed by atoms with E-state index in [4.69, 9.17) is 10.5 Å². The molecule has 0 aliphatic heterocycles. The molecule has 0 bridgehead atoms. The molecule has 24 heavy (non-hydrogen) atoms. The van der Waals surface area contributed by atoms with Crippen molar-refractivity contribution in [1.29, 1.82) is 0 Å². The first-order chi connectivity index (χ1) is 11.2. The van der Waals surface area contributed by atoms with Gasteiger partial charge in [0.15, 0.2) is 0 Å². The molecule has 2 aromatic carbocycles. The number of nitrogens with two attached hydrogens (primary N) is 1. The Morgan fingerprint density at radius 2 is 1.54 bits per heavy atom. The van der Waals surface area contributed by atoms with Crippen LogP contribution in [0, 0.1) is 0 Å². The van der Waals surface area contributed by atoms with E-state index in [9.17, 15) is 14.7 Å². The third-order valence-electron chi connectivity index (χ3n) is 3.40.